The maximum absolute atomic E-state index is 8.26. The quantitative estimate of drug-likeness (QED) is 0.686. The number of hydrogen-bond acceptors (Lipinski definition) is 4. The van der Waals surface area contributed by atoms with Crippen molar-refractivity contribution in [3.05, 3.63) is 60.2 Å². The van der Waals surface area contributed by atoms with E-state index in [0.29, 0.717) is 11.1 Å². The maximum atomic E-state index is 8.26. The molecule has 1 radical (unpaired) electrons. The van der Waals surface area contributed by atoms with Crippen LogP contribution >= 0.6 is 0 Å². The fourth-order valence-corrected chi connectivity index (χ4v) is 0.853. The second-order valence-corrected chi connectivity index (χ2v) is 2.70. The van der Waals surface area contributed by atoms with E-state index >= 15 is 0 Å². The van der Waals surface area contributed by atoms with Crippen LogP contribution in [-0.4, -0.2) is 9.97 Å². The first-order chi connectivity index (χ1) is 7.86. The first kappa shape index (κ1) is 14.8. The van der Waals surface area contributed by atoms with Crippen molar-refractivity contribution >= 4 is 0 Å². The first-order valence-corrected chi connectivity index (χ1v) is 4.47. The molecular weight excluding hydrogens is 264 g/mol. The molecule has 0 aliphatic carbocycles. The van der Waals surface area contributed by atoms with Gasteiger partial charge in [0.05, 0.1) is 23.3 Å². The third-order valence-electron chi connectivity index (χ3n) is 1.62. The zero-order valence-corrected chi connectivity index (χ0v) is 9.65. The number of nitriles is 2. The van der Waals surface area contributed by atoms with Gasteiger partial charge in [0.15, 0.2) is 0 Å². The Kier molecular flexibility index (Phi) is 7.88. The Balaban J connectivity index is 0.000000284. The van der Waals surface area contributed by atoms with Gasteiger partial charge in [0, 0.05) is 41.9 Å². The molecule has 0 spiro atoms. The molecule has 4 nitrogen and oxygen atoms in total. The van der Waals surface area contributed by atoms with E-state index in [2.05, 4.69) is 9.97 Å². The van der Waals surface area contributed by atoms with Gasteiger partial charge in [-0.2, -0.15) is 10.5 Å². The largest absolute Gasteiger partial charge is 0.265 e. The van der Waals surface area contributed by atoms with E-state index in [1.165, 1.54) is 0 Å². The predicted molar refractivity (Wildman–Crippen MR) is 57.9 cm³/mol. The standard InChI is InChI=1S/2C6H4N2.Cu/c2*7-5-6-1-3-8-4-2-6;/h2*1-4H;. The molecule has 0 aromatic carbocycles. The first-order valence-electron chi connectivity index (χ1n) is 4.47. The third kappa shape index (κ3) is 6.06. The summed E-state index contributed by atoms with van der Waals surface area (Å²) in [6.45, 7) is 0. The van der Waals surface area contributed by atoms with E-state index < -0.39 is 0 Å². The van der Waals surface area contributed by atoms with E-state index in [9.17, 15) is 0 Å². The summed E-state index contributed by atoms with van der Waals surface area (Å²) < 4.78 is 0. The summed E-state index contributed by atoms with van der Waals surface area (Å²) in [5.41, 5.74) is 1.31. The Hall–Kier alpha value is -2.20. The van der Waals surface area contributed by atoms with Crippen LogP contribution in [0, 0.1) is 22.7 Å². The Bertz CT molecular complexity index is 450. The molecule has 0 unspecified atom stereocenters. The summed E-state index contributed by atoms with van der Waals surface area (Å²) in [5.74, 6) is 0. The van der Waals surface area contributed by atoms with Gasteiger partial charge in [0.2, 0.25) is 0 Å². The minimum Gasteiger partial charge on any atom is -0.265 e. The monoisotopic (exact) mass is 271 g/mol. The molecule has 5 heteroatoms. The van der Waals surface area contributed by atoms with Crippen LogP contribution in [0.25, 0.3) is 0 Å². The molecule has 0 aliphatic heterocycles. The van der Waals surface area contributed by atoms with Crippen molar-refractivity contribution in [1.82, 2.24) is 9.97 Å². The molecule has 0 amide bonds. The summed E-state index contributed by atoms with van der Waals surface area (Å²) in [5, 5.41) is 16.5. The van der Waals surface area contributed by atoms with Crippen LogP contribution in [0.1, 0.15) is 11.1 Å². The molecule has 2 aromatic heterocycles. The van der Waals surface area contributed by atoms with Crippen LogP contribution in [-0.2, 0) is 17.1 Å². The zero-order valence-electron chi connectivity index (χ0n) is 8.71. The van der Waals surface area contributed by atoms with Gasteiger partial charge in [-0.15, -0.1) is 0 Å². The molecule has 0 bridgehead atoms. The van der Waals surface area contributed by atoms with E-state index in [4.69, 9.17) is 10.5 Å². The number of pyridine rings is 2. The Labute approximate surface area is 110 Å². The van der Waals surface area contributed by atoms with Gasteiger partial charge < -0.3 is 0 Å². The molecule has 0 fully saturated rings. The summed E-state index contributed by atoms with van der Waals surface area (Å²) in [4.78, 5) is 7.48. The van der Waals surface area contributed by atoms with Crippen molar-refractivity contribution < 1.29 is 17.1 Å². The molecule has 0 saturated heterocycles. The normalized spacial score (nSPS) is 7.41. The zero-order chi connectivity index (χ0) is 11.6. The SMILES string of the molecule is N#Cc1ccncc1.N#Cc1ccncc1.[Cu]. The Morgan fingerprint density at radius 2 is 1.00 bits per heavy atom. The third-order valence-corrected chi connectivity index (χ3v) is 1.62. The molecule has 0 aliphatic rings. The van der Waals surface area contributed by atoms with Crippen LogP contribution in [0.2, 0.25) is 0 Å². The topological polar surface area (TPSA) is 73.4 Å². The van der Waals surface area contributed by atoms with Crippen LogP contribution in [0.15, 0.2) is 49.1 Å². The Morgan fingerprint density at radius 1 is 0.706 bits per heavy atom. The van der Waals surface area contributed by atoms with Crippen LogP contribution in [0.4, 0.5) is 0 Å². The van der Waals surface area contributed by atoms with E-state index in [1.807, 2.05) is 12.1 Å². The summed E-state index contributed by atoms with van der Waals surface area (Å²) in [7, 11) is 0. The number of aromatic nitrogens is 2. The average Bonchev–Trinajstić information content (AvgIpc) is 2.41. The minimum absolute atomic E-state index is 0. The molecule has 2 aromatic rings. The van der Waals surface area contributed by atoms with E-state index in [-0.39, 0.29) is 17.1 Å². The van der Waals surface area contributed by atoms with Crippen LogP contribution in [0.3, 0.4) is 0 Å². The van der Waals surface area contributed by atoms with Gasteiger partial charge in [-0.1, -0.05) is 0 Å². The molecule has 2 rings (SSSR count). The van der Waals surface area contributed by atoms with Crippen molar-refractivity contribution in [1.29, 1.82) is 10.5 Å². The molecule has 87 valence electrons. The maximum Gasteiger partial charge on any atom is 0.0992 e. The van der Waals surface area contributed by atoms with Crippen molar-refractivity contribution in [3.63, 3.8) is 0 Å². The number of hydrogen-bond donors (Lipinski definition) is 0. The molecule has 0 saturated carbocycles. The Morgan fingerprint density at radius 3 is 1.18 bits per heavy atom. The molecule has 17 heavy (non-hydrogen) atoms. The van der Waals surface area contributed by atoms with Crippen LogP contribution in [0.5, 0.6) is 0 Å². The van der Waals surface area contributed by atoms with Gasteiger partial charge in [0.1, 0.15) is 0 Å². The van der Waals surface area contributed by atoms with Gasteiger partial charge in [0.25, 0.3) is 0 Å². The number of nitrogens with zero attached hydrogens (tertiary/aromatic N) is 4. The predicted octanol–water partition coefficient (Wildman–Crippen LogP) is 1.90. The number of rotatable bonds is 0. The van der Waals surface area contributed by atoms with Gasteiger partial charge in [-0.05, 0) is 24.3 Å². The molecular formula is C12H8CuN4. The van der Waals surface area contributed by atoms with Crippen molar-refractivity contribution in [2.75, 3.05) is 0 Å². The van der Waals surface area contributed by atoms with Crippen molar-refractivity contribution in [3.8, 4) is 12.1 Å². The van der Waals surface area contributed by atoms with Crippen LogP contribution < -0.4 is 0 Å². The van der Waals surface area contributed by atoms with Gasteiger partial charge >= 0.3 is 0 Å². The smallest absolute Gasteiger partial charge is 0.0992 e. The van der Waals surface area contributed by atoms with Gasteiger partial charge in [-0.25, -0.2) is 0 Å². The minimum atomic E-state index is 0. The van der Waals surface area contributed by atoms with Crippen molar-refractivity contribution in [2.45, 2.75) is 0 Å². The average molecular weight is 272 g/mol. The summed E-state index contributed by atoms with van der Waals surface area (Å²) in [6.07, 6.45) is 6.38. The van der Waals surface area contributed by atoms with Crippen molar-refractivity contribution in [2.24, 2.45) is 0 Å². The second-order valence-electron chi connectivity index (χ2n) is 2.70. The fraction of sp³-hybridized carbons (Fsp3) is 0. The molecule has 2 heterocycles. The molecule has 0 N–H and O–H groups in total. The summed E-state index contributed by atoms with van der Waals surface area (Å²) in [6, 6.07) is 10.6. The molecule has 0 atom stereocenters. The van der Waals surface area contributed by atoms with E-state index in [1.54, 1.807) is 49.1 Å². The second kappa shape index (κ2) is 9.06. The summed E-state index contributed by atoms with van der Waals surface area (Å²) >= 11 is 0. The fourth-order valence-electron chi connectivity index (χ4n) is 0.853. The van der Waals surface area contributed by atoms with Gasteiger partial charge in [-0.3, -0.25) is 9.97 Å². The van der Waals surface area contributed by atoms with E-state index in [0.717, 1.165) is 0 Å².